The normalized spacial score (nSPS) is 10.3. The highest BCUT2D eigenvalue weighted by Gasteiger charge is 2.19. The van der Waals surface area contributed by atoms with Crippen LogP contribution in [0.2, 0.25) is 0 Å². The maximum Gasteiger partial charge on any atom is 0.274 e. The molecule has 0 atom stereocenters. The molecule has 0 aromatic heterocycles. The van der Waals surface area contributed by atoms with Gasteiger partial charge in [-0.2, -0.15) is 0 Å². The van der Waals surface area contributed by atoms with Crippen molar-refractivity contribution in [3.63, 3.8) is 0 Å². The second kappa shape index (κ2) is 8.15. The van der Waals surface area contributed by atoms with E-state index in [2.05, 4.69) is 23.7 Å². The first-order valence-electron chi connectivity index (χ1n) is 7.97. The quantitative estimate of drug-likeness (QED) is 0.344. The number of benzene rings is 2. The van der Waals surface area contributed by atoms with E-state index in [9.17, 15) is 9.59 Å². The van der Waals surface area contributed by atoms with Crippen LogP contribution in [-0.4, -0.2) is 22.6 Å². The maximum atomic E-state index is 12.4. The lowest BCUT2D eigenvalue weighted by Gasteiger charge is -2.20. The number of carbonyl (C=O) groups is 2. The monoisotopic (exact) mass is 348 g/mol. The predicted octanol–water partition coefficient (Wildman–Crippen LogP) is 2.77. The third-order valence-electron chi connectivity index (χ3n) is 3.59. The number of nitrogens with one attached hydrogen (secondary N) is 2. The van der Waals surface area contributed by atoms with Crippen molar-refractivity contribution in [2.45, 2.75) is 19.4 Å². The summed E-state index contributed by atoms with van der Waals surface area (Å²) in [4.78, 5) is 23.7. The Balaban J connectivity index is 2.07. The fourth-order valence-corrected chi connectivity index (χ4v) is 2.16. The molecule has 0 saturated carbocycles. The summed E-state index contributed by atoms with van der Waals surface area (Å²) in [6.07, 6.45) is 0. The van der Waals surface area contributed by atoms with Crippen LogP contribution in [0.1, 0.15) is 35.3 Å². The number of hydroxylamine groups is 1. The predicted molar refractivity (Wildman–Crippen MR) is 100 cm³/mol. The summed E-state index contributed by atoms with van der Waals surface area (Å²) in [5, 5.41) is 11.5. The first-order valence-corrected chi connectivity index (χ1v) is 7.97. The molecule has 0 aliphatic heterocycles. The van der Waals surface area contributed by atoms with Crippen molar-refractivity contribution in [1.29, 1.82) is 0 Å². The lowest BCUT2D eigenvalue weighted by molar-refractivity contribution is -0.116. The number of rotatable bonds is 4. The van der Waals surface area contributed by atoms with Crippen molar-refractivity contribution in [3.05, 3.63) is 77.9 Å². The van der Waals surface area contributed by atoms with Gasteiger partial charge in [0.25, 0.3) is 11.8 Å². The zero-order chi connectivity index (χ0) is 19.2. The van der Waals surface area contributed by atoms with E-state index in [-0.39, 0.29) is 5.91 Å². The Morgan fingerprint density at radius 1 is 1.00 bits per heavy atom. The minimum absolute atomic E-state index is 0.287. The summed E-state index contributed by atoms with van der Waals surface area (Å²) in [5.41, 5.74) is 2.94. The molecule has 0 aliphatic carbocycles. The fraction of sp³-hybridized carbons (Fsp3) is 0.143. The number of hydrogen-bond donors (Lipinski definition) is 3. The molecule has 0 spiro atoms. The summed E-state index contributed by atoms with van der Waals surface area (Å²) < 4.78 is 0. The summed E-state index contributed by atoms with van der Waals surface area (Å²) in [6.45, 7) is 7.43. The molecule has 0 heterocycles. The van der Waals surface area contributed by atoms with Gasteiger partial charge in [-0.1, -0.05) is 48.8 Å². The van der Waals surface area contributed by atoms with Crippen molar-refractivity contribution < 1.29 is 14.8 Å². The van der Waals surface area contributed by atoms with Crippen molar-refractivity contribution in [2.75, 3.05) is 0 Å². The van der Waals surface area contributed by atoms with E-state index in [0.29, 0.717) is 16.7 Å². The van der Waals surface area contributed by atoms with E-state index >= 15 is 0 Å². The third kappa shape index (κ3) is 5.07. The van der Waals surface area contributed by atoms with Gasteiger partial charge in [0.05, 0.1) is 5.54 Å². The molecular formula is C21H20N2O3. The van der Waals surface area contributed by atoms with Crippen LogP contribution in [0, 0.1) is 11.8 Å². The van der Waals surface area contributed by atoms with E-state index < -0.39 is 11.4 Å². The van der Waals surface area contributed by atoms with Crippen LogP contribution < -0.4 is 10.8 Å². The van der Waals surface area contributed by atoms with Crippen LogP contribution >= 0.6 is 0 Å². The van der Waals surface area contributed by atoms with Gasteiger partial charge in [0.2, 0.25) is 0 Å². The molecule has 0 bridgehead atoms. The van der Waals surface area contributed by atoms with Gasteiger partial charge in [-0.3, -0.25) is 14.8 Å². The molecule has 132 valence electrons. The topological polar surface area (TPSA) is 78.4 Å². The summed E-state index contributed by atoms with van der Waals surface area (Å²) in [7, 11) is 0. The first-order chi connectivity index (χ1) is 12.3. The van der Waals surface area contributed by atoms with Gasteiger partial charge in [0, 0.05) is 16.7 Å². The van der Waals surface area contributed by atoms with Crippen LogP contribution in [0.5, 0.6) is 0 Å². The summed E-state index contributed by atoms with van der Waals surface area (Å²) >= 11 is 0. The highest BCUT2D eigenvalue weighted by Crippen LogP contribution is 2.13. The molecule has 3 N–H and O–H groups in total. The van der Waals surface area contributed by atoms with Gasteiger partial charge >= 0.3 is 0 Å². The number of amides is 2. The minimum Gasteiger partial charge on any atom is -0.336 e. The average Bonchev–Trinajstić information content (AvgIpc) is 2.66. The summed E-state index contributed by atoms with van der Waals surface area (Å²) in [6, 6.07) is 15.7. The standard InChI is InChI=1S/C21H20N2O3/c1-15(17-7-5-4-6-8-17)19(24)22-21(2,3)14-13-16-9-11-18(12-10-16)20(25)23-26/h4-12,26H,1H2,2-3H3,(H,22,24)(H,23,25). The first kappa shape index (κ1) is 19.0. The van der Waals surface area contributed by atoms with Gasteiger partial charge in [-0.05, 0) is 43.7 Å². The molecule has 5 nitrogen and oxygen atoms in total. The van der Waals surface area contributed by atoms with Crippen molar-refractivity contribution in [2.24, 2.45) is 0 Å². The molecule has 0 radical (unpaired) electrons. The Bertz CT molecular complexity index is 873. The van der Waals surface area contributed by atoms with Crippen LogP contribution in [0.3, 0.4) is 0 Å². The van der Waals surface area contributed by atoms with E-state index in [0.717, 1.165) is 5.56 Å². The lowest BCUT2D eigenvalue weighted by atomic mass is 10.0. The van der Waals surface area contributed by atoms with Gasteiger partial charge in [-0.25, -0.2) is 5.48 Å². The SMILES string of the molecule is C=C(C(=O)NC(C)(C)C#Cc1ccc(C(=O)NO)cc1)c1ccccc1. The molecule has 26 heavy (non-hydrogen) atoms. The second-order valence-corrected chi connectivity index (χ2v) is 6.19. The maximum absolute atomic E-state index is 12.4. The van der Waals surface area contributed by atoms with E-state index in [1.807, 2.05) is 30.3 Å². The van der Waals surface area contributed by atoms with Gasteiger partial charge in [0.1, 0.15) is 0 Å². The summed E-state index contributed by atoms with van der Waals surface area (Å²) in [5.74, 6) is 5.09. The molecule has 2 aromatic carbocycles. The molecule has 0 aliphatic rings. The molecule has 0 fully saturated rings. The smallest absolute Gasteiger partial charge is 0.274 e. The molecule has 2 rings (SSSR count). The van der Waals surface area contributed by atoms with E-state index in [1.54, 1.807) is 43.6 Å². The second-order valence-electron chi connectivity index (χ2n) is 6.19. The van der Waals surface area contributed by atoms with Gasteiger partial charge in [0.15, 0.2) is 0 Å². The largest absolute Gasteiger partial charge is 0.336 e. The highest BCUT2D eigenvalue weighted by molar-refractivity contribution is 6.19. The van der Waals surface area contributed by atoms with Gasteiger partial charge in [-0.15, -0.1) is 0 Å². The molecule has 2 amide bonds. The molecule has 0 saturated heterocycles. The molecular weight excluding hydrogens is 328 g/mol. The Hall–Kier alpha value is -3.36. The Labute approximate surface area is 152 Å². The Kier molecular flexibility index (Phi) is 5.94. The van der Waals surface area contributed by atoms with Crippen LogP contribution in [0.25, 0.3) is 5.57 Å². The number of carbonyl (C=O) groups excluding carboxylic acids is 2. The fourth-order valence-electron chi connectivity index (χ4n) is 2.16. The zero-order valence-electron chi connectivity index (χ0n) is 14.7. The number of hydrogen-bond acceptors (Lipinski definition) is 3. The van der Waals surface area contributed by atoms with Crippen molar-refractivity contribution in [1.82, 2.24) is 10.8 Å². The van der Waals surface area contributed by atoms with Crippen molar-refractivity contribution in [3.8, 4) is 11.8 Å². The lowest BCUT2D eigenvalue weighted by Crippen LogP contribution is -2.42. The third-order valence-corrected chi connectivity index (χ3v) is 3.59. The highest BCUT2D eigenvalue weighted by atomic mass is 16.5. The molecule has 2 aromatic rings. The van der Waals surface area contributed by atoms with Crippen molar-refractivity contribution >= 4 is 17.4 Å². The minimum atomic E-state index is -0.768. The van der Waals surface area contributed by atoms with Crippen LogP contribution in [0.4, 0.5) is 0 Å². The molecule has 5 heteroatoms. The van der Waals surface area contributed by atoms with E-state index in [1.165, 1.54) is 0 Å². The average molecular weight is 348 g/mol. The zero-order valence-corrected chi connectivity index (χ0v) is 14.7. The van der Waals surface area contributed by atoms with E-state index in [4.69, 9.17) is 5.21 Å². The van der Waals surface area contributed by atoms with Crippen LogP contribution in [-0.2, 0) is 4.79 Å². The van der Waals surface area contributed by atoms with Gasteiger partial charge < -0.3 is 5.32 Å². The Morgan fingerprint density at radius 3 is 2.19 bits per heavy atom. The molecule has 0 unspecified atom stereocenters. The van der Waals surface area contributed by atoms with Crippen LogP contribution in [0.15, 0.2) is 61.2 Å². The Morgan fingerprint density at radius 2 is 1.62 bits per heavy atom.